The van der Waals surface area contributed by atoms with Crippen LogP contribution >= 0.6 is 0 Å². The lowest BCUT2D eigenvalue weighted by Gasteiger charge is -2.31. The van der Waals surface area contributed by atoms with E-state index in [9.17, 15) is 0 Å². The van der Waals surface area contributed by atoms with Crippen LogP contribution in [0.25, 0.3) is 0 Å². The molecule has 19 heavy (non-hydrogen) atoms. The quantitative estimate of drug-likeness (QED) is 0.833. The van der Waals surface area contributed by atoms with Gasteiger partial charge in [0.25, 0.3) is 0 Å². The number of hydrogen-bond donors (Lipinski definition) is 1. The molecule has 0 fully saturated rings. The second-order valence-corrected chi connectivity index (χ2v) is 7.21. The molecule has 106 valence electrons. The average Bonchev–Trinajstić information content (AvgIpc) is 2.37. The summed E-state index contributed by atoms with van der Waals surface area (Å²) in [6.45, 7) is 11.5. The molecule has 0 heterocycles. The lowest BCUT2D eigenvalue weighted by Crippen LogP contribution is -2.39. The van der Waals surface area contributed by atoms with Crippen molar-refractivity contribution in [3.8, 4) is 0 Å². The van der Waals surface area contributed by atoms with Gasteiger partial charge in [0.2, 0.25) is 0 Å². The van der Waals surface area contributed by atoms with Gasteiger partial charge >= 0.3 is 0 Å². The van der Waals surface area contributed by atoms with Gasteiger partial charge in [0, 0.05) is 12.1 Å². The summed E-state index contributed by atoms with van der Waals surface area (Å²) in [4.78, 5) is 0. The van der Waals surface area contributed by atoms with Crippen molar-refractivity contribution in [1.29, 1.82) is 0 Å². The fourth-order valence-corrected chi connectivity index (χ4v) is 2.74. The summed E-state index contributed by atoms with van der Waals surface area (Å²) in [5.41, 5.74) is 4.91. The maximum Gasteiger partial charge on any atom is 0.0294 e. The van der Waals surface area contributed by atoms with Crippen LogP contribution in [0.4, 0.5) is 0 Å². The zero-order chi connectivity index (χ0) is 14.0. The van der Waals surface area contributed by atoms with Crippen LogP contribution in [-0.4, -0.2) is 6.04 Å². The Kier molecular flexibility index (Phi) is 4.35. The third-order valence-corrected chi connectivity index (χ3v) is 4.67. The van der Waals surface area contributed by atoms with E-state index in [-0.39, 0.29) is 0 Å². The van der Waals surface area contributed by atoms with Crippen molar-refractivity contribution in [3.05, 3.63) is 34.9 Å². The number of nitrogens with one attached hydrogen (secondary N) is 1. The van der Waals surface area contributed by atoms with Gasteiger partial charge in [-0.1, -0.05) is 39.0 Å². The highest BCUT2D eigenvalue weighted by atomic mass is 15.0. The average molecular weight is 259 g/mol. The van der Waals surface area contributed by atoms with Gasteiger partial charge in [0.1, 0.15) is 0 Å². The van der Waals surface area contributed by atoms with E-state index in [2.05, 4.69) is 58.1 Å². The lowest BCUT2D eigenvalue weighted by atomic mass is 9.86. The summed E-state index contributed by atoms with van der Waals surface area (Å²) in [5.74, 6) is 0. The van der Waals surface area contributed by atoms with Crippen LogP contribution in [0.5, 0.6) is 0 Å². The van der Waals surface area contributed by atoms with Gasteiger partial charge < -0.3 is 5.32 Å². The summed E-state index contributed by atoms with van der Waals surface area (Å²) in [5, 5.41) is 3.74. The minimum atomic E-state index is 0.308. The topological polar surface area (TPSA) is 12.0 Å². The first-order valence-electron chi connectivity index (χ1n) is 7.75. The molecule has 2 rings (SSSR count). The summed E-state index contributed by atoms with van der Waals surface area (Å²) in [7, 11) is 0. The molecule has 0 radical (unpaired) electrons. The van der Waals surface area contributed by atoms with E-state index in [4.69, 9.17) is 0 Å². The lowest BCUT2D eigenvalue weighted by molar-refractivity contribution is 0.268. The third kappa shape index (κ3) is 3.60. The number of aryl methyl sites for hydroxylation is 2. The predicted octanol–water partition coefficient (Wildman–Crippen LogP) is 4.65. The highest BCUT2D eigenvalue weighted by Gasteiger charge is 2.22. The van der Waals surface area contributed by atoms with Crippen LogP contribution < -0.4 is 5.32 Å². The summed E-state index contributed by atoms with van der Waals surface area (Å²) in [6, 6.07) is 8.04. The maximum atomic E-state index is 3.74. The summed E-state index contributed by atoms with van der Waals surface area (Å²) >= 11 is 0. The highest BCUT2D eigenvalue weighted by molar-refractivity contribution is 5.35. The molecule has 1 aromatic carbocycles. The van der Waals surface area contributed by atoms with Crippen LogP contribution in [0, 0.1) is 5.41 Å². The first-order chi connectivity index (χ1) is 8.88. The van der Waals surface area contributed by atoms with Gasteiger partial charge in [-0.15, -0.1) is 0 Å². The SMILES string of the molecule is CC(NC(C)C(C)(C)C)c1ccc2c(c1)CCCC2. The Labute approximate surface area is 118 Å². The second-order valence-electron chi connectivity index (χ2n) is 7.21. The Bertz CT molecular complexity index is 428. The number of benzene rings is 1. The van der Waals surface area contributed by atoms with Crippen molar-refractivity contribution in [2.75, 3.05) is 0 Å². The van der Waals surface area contributed by atoms with E-state index in [1.54, 1.807) is 11.1 Å². The molecule has 0 saturated heterocycles. The molecule has 1 aliphatic carbocycles. The Morgan fingerprint density at radius 2 is 1.63 bits per heavy atom. The smallest absolute Gasteiger partial charge is 0.0294 e. The molecule has 2 unspecified atom stereocenters. The second kappa shape index (κ2) is 5.66. The van der Waals surface area contributed by atoms with E-state index in [0.717, 1.165) is 0 Å². The standard InChI is InChI=1S/C18H29N/c1-13(19-14(2)18(3,4)5)16-11-10-15-8-6-7-9-17(15)12-16/h10-14,19H,6-9H2,1-5H3. The van der Waals surface area contributed by atoms with Crippen molar-refractivity contribution in [2.45, 2.75) is 72.4 Å². The zero-order valence-electron chi connectivity index (χ0n) is 13.2. The maximum absolute atomic E-state index is 3.74. The van der Waals surface area contributed by atoms with Crippen molar-refractivity contribution >= 4 is 0 Å². The van der Waals surface area contributed by atoms with Crippen LogP contribution in [0.2, 0.25) is 0 Å². The van der Waals surface area contributed by atoms with E-state index in [1.807, 2.05) is 0 Å². The molecular formula is C18H29N. The summed E-state index contributed by atoms with van der Waals surface area (Å²) in [6.07, 6.45) is 5.26. The van der Waals surface area contributed by atoms with Gasteiger partial charge in [-0.2, -0.15) is 0 Å². The fourth-order valence-electron chi connectivity index (χ4n) is 2.74. The van der Waals surface area contributed by atoms with Crippen LogP contribution in [0.15, 0.2) is 18.2 Å². The molecular weight excluding hydrogens is 230 g/mol. The van der Waals surface area contributed by atoms with Gasteiger partial charge in [-0.25, -0.2) is 0 Å². The number of hydrogen-bond acceptors (Lipinski definition) is 1. The van der Waals surface area contributed by atoms with Crippen LogP contribution in [0.1, 0.15) is 70.2 Å². The summed E-state index contributed by atoms with van der Waals surface area (Å²) < 4.78 is 0. The van der Waals surface area contributed by atoms with Gasteiger partial charge in [0.05, 0.1) is 0 Å². The molecule has 1 aliphatic rings. The largest absolute Gasteiger partial charge is 0.307 e. The van der Waals surface area contributed by atoms with E-state index in [1.165, 1.54) is 31.2 Å². The van der Waals surface area contributed by atoms with Crippen molar-refractivity contribution in [2.24, 2.45) is 5.41 Å². The Morgan fingerprint density at radius 3 is 2.26 bits per heavy atom. The van der Waals surface area contributed by atoms with Crippen molar-refractivity contribution in [1.82, 2.24) is 5.32 Å². The Balaban J connectivity index is 2.09. The van der Waals surface area contributed by atoms with Crippen LogP contribution in [0.3, 0.4) is 0 Å². The van der Waals surface area contributed by atoms with E-state index >= 15 is 0 Å². The van der Waals surface area contributed by atoms with Crippen molar-refractivity contribution in [3.63, 3.8) is 0 Å². The first kappa shape index (κ1) is 14.6. The monoisotopic (exact) mass is 259 g/mol. The number of fused-ring (bicyclic) bond motifs is 1. The fraction of sp³-hybridized carbons (Fsp3) is 0.667. The molecule has 0 amide bonds. The van der Waals surface area contributed by atoms with Crippen molar-refractivity contribution < 1.29 is 0 Å². The first-order valence-corrected chi connectivity index (χ1v) is 7.75. The molecule has 0 saturated carbocycles. The third-order valence-electron chi connectivity index (χ3n) is 4.67. The van der Waals surface area contributed by atoms with Crippen LogP contribution in [-0.2, 0) is 12.8 Å². The normalized spacial score (nSPS) is 18.8. The minimum absolute atomic E-state index is 0.308. The molecule has 0 spiro atoms. The van der Waals surface area contributed by atoms with E-state index in [0.29, 0.717) is 17.5 Å². The minimum Gasteiger partial charge on any atom is -0.307 e. The highest BCUT2D eigenvalue weighted by Crippen LogP contribution is 2.26. The molecule has 1 N–H and O–H groups in total. The predicted molar refractivity (Wildman–Crippen MR) is 83.6 cm³/mol. The molecule has 1 heteroatoms. The van der Waals surface area contributed by atoms with Gasteiger partial charge in [-0.3, -0.25) is 0 Å². The Morgan fingerprint density at radius 1 is 1.00 bits per heavy atom. The number of rotatable bonds is 3. The Hall–Kier alpha value is -0.820. The molecule has 1 nitrogen and oxygen atoms in total. The molecule has 0 bridgehead atoms. The van der Waals surface area contributed by atoms with E-state index < -0.39 is 0 Å². The zero-order valence-corrected chi connectivity index (χ0v) is 13.2. The van der Waals surface area contributed by atoms with Gasteiger partial charge in [0.15, 0.2) is 0 Å². The molecule has 0 aliphatic heterocycles. The molecule has 2 atom stereocenters. The van der Waals surface area contributed by atoms with Gasteiger partial charge in [-0.05, 0) is 61.6 Å². The molecule has 1 aromatic rings. The molecule has 0 aromatic heterocycles.